The number of hydrogen-bond donors (Lipinski definition) is 3. The summed E-state index contributed by atoms with van der Waals surface area (Å²) in [5.41, 5.74) is 1.69. The first-order valence-electron chi connectivity index (χ1n) is 50.6. The number of imide groups is 1. The Balaban J connectivity index is 0.000000314. The highest BCUT2D eigenvalue weighted by atomic mass is 16.8. The number of benzene rings is 2. The Morgan fingerprint density at radius 2 is 0.826 bits per heavy atom. The van der Waals surface area contributed by atoms with Crippen molar-refractivity contribution >= 4 is 82.8 Å². The summed E-state index contributed by atoms with van der Waals surface area (Å²) >= 11 is 0. The molecule has 4 aliphatic carbocycles. The first-order valence-corrected chi connectivity index (χ1v) is 50.6. The number of carboxylic acid groups (broad SMARTS) is 2. The van der Waals surface area contributed by atoms with E-state index in [2.05, 4.69) is 33.8 Å². The Hall–Kier alpha value is -9.46. The largest absolute Gasteiger partial charge is 0.533 e. The highest BCUT2D eigenvalue weighted by Crippen LogP contribution is 2.54. The van der Waals surface area contributed by atoms with Crippen LogP contribution in [0.25, 0.3) is 0 Å². The van der Waals surface area contributed by atoms with Crippen molar-refractivity contribution in [2.75, 3.05) is 82.9 Å². The maximum atomic E-state index is 14.7. The van der Waals surface area contributed by atoms with Crippen LogP contribution in [0.15, 0.2) is 60.7 Å². The maximum Gasteiger partial charge on any atom is 0.533 e. The number of hydrogen-bond acceptors (Lipinski definition) is 22. The van der Waals surface area contributed by atoms with Crippen LogP contribution in [0.2, 0.25) is 0 Å². The number of methoxy groups -OCH3 is 4. The summed E-state index contributed by atoms with van der Waals surface area (Å²) in [5, 5.41) is 23.5. The lowest BCUT2D eigenvalue weighted by molar-refractivity contribution is -0.177. The molecule has 24 atom stereocenters. The Kier molecular flexibility index (Phi) is 47.1. The lowest BCUT2D eigenvalue weighted by Crippen LogP contribution is -2.54. The van der Waals surface area contributed by atoms with Crippen LogP contribution in [0.3, 0.4) is 0 Å². The van der Waals surface area contributed by atoms with Gasteiger partial charge in [-0.1, -0.05) is 176 Å². The van der Waals surface area contributed by atoms with E-state index >= 15 is 0 Å². The lowest BCUT2D eigenvalue weighted by atomic mass is 9.83. The van der Waals surface area contributed by atoms with Crippen LogP contribution < -0.4 is 5.32 Å². The van der Waals surface area contributed by atoms with E-state index in [4.69, 9.17) is 28.4 Å². The van der Waals surface area contributed by atoms with Gasteiger partial charge in [0.05, 0.1) is 98.6 Å². The van der Waals surface area contributed by atoms with Crippen LogP contribution in [0, 0.1) is 130 Å². The second-order valence-corrected chi connectivity index (χ2v) is 41.0. The van der Waals surface area contributed by atoms with Crippen LogP contribution in [0.5, 0.6) is 0 Å². The van der Waals surface area contributed by atoms with Crippen LogP contribution in [-0.4, -0.2) is 266 Å². The van der Waals surface area contributed by atoms with Gasteiger partial charge in [-0.15, -0.1) is 23.7 Å². The van der Waals surface area contributed by atoms with Gasteiger partial charge in [0.15, 0.2) is 11.6 Å². The molecule has 2 saturated carbocycles. The average Bonchev–Trinajstić information content (AvgIpc) is 1.62. The Bertz CT molecular complexity index is 4430. The summed E-state index contributed by atoms with van der Waals surface area (Å²) < 4.78 is 34.8. The topological polar surface area (TPSA) is 376 Å². The van der Waals surface area contributed by atoms with E-state index in [-0.39, 0.29) is 165 Å². The molecular weight excluding hydrogens is 1760 g/mol. The molecule has 7 amide bonds. The van der Waals surface area contributed by atoms with E-state index in [1.807, 2.05) is 144 Å². The van der Waals surface area contributed by atoms with Gasteiger partial charge >= 0.3 is 24.2 Å². The molecule has 0 radical (unpaired) electrons. The fourth-order valence-electron chi connectivity index (χ4n) is 22.0. The minimum atomic E-state index is -1.04. The number of likely N-dealkylation sites (tertiary alicyclic amines) is 2. The van der Waals surface area contributed by atoms with Crippen molar-refractivity contribution < 1.29 is 111 Å². The van der Waals surface area contributed by atoms with Crippen LogP contribution in [0.4, 0.5) is 9.59 Å². The number of carbonyl (C=O) groups excluding carboxylic acids is 12. The fourth-order valence-corrected chi connectivity index (χ4v) is 22.0. The zero-order valence-corrected chi connectivity index (χ0v) is 86.4. The molecule has 0 spiro atoms. The molecule has 3 aliphatic heterocycles. The van der Waals surface area contributed by atoms with Gasteiger partial charge in [-0.25, -0.2) is 9.59 Å². The smallest absolute Gasteiger partial charge is 0.481 e. The normalized spacial score (nSPS) is 22.8. The van der Waals surface area contributed by atoms with Crippen LogP contribution in [-0.2, 0) is 104 Å². The van der Waals surface area contributed by atoms with E-state index < -0.39 is 120 Å². The number of hydroxylamine groups is 2. The minimum absolute atomic E-state index is 0.00617. The van der Waals surface area contributed by atoms with Crippen LogP contribution >= 0.6 is 0 Å². The molecule has 3 saturated heterocycles. The Morgan fingerprint density at radius 3 is 1.15 bits per heavy atom. The monoisotopic (exact) mass is 1930 g/mol. The molecular formula is C108H163N7O23. The second-order valence-electron chi connectivity index (χ2n) is 41.0. The predicted molar refractivity (Wildman–Crippen MR) is 522 cm³/mol. The number of nitrogens with one attached hydrogen (secondary N) is 1. The molecule has 5 fully saturated rings. The third-order valence-corrected chi connectivity index (χ3v) is 30.7. The molecule has 0 aromatic heterocycles. The third-order valence-electron chi connectivity index (χ3n) is 30.7. The van der Waals surface area contributed by atoms with Gasteiger partial charge in [-0.05, 0) is 153 Å². The van der Waals surface area contributed by atoms with E-state index in [9.17, 15) is 77.3 Å². The van der Waals surface area contributed by atoms with Gasteiger partial charge in [-0.3, -0.25) is 62.4 Å². The molecule has 9 rings (SSSR count). The second kappa shape index (κ2) is 56.3. The summed E-state index contributed by atoms with van der Waals surface area (Å²) in [6, 6.07) is 15.7. The molecule has 138 heavy (non-hydrogen) atoms. The summed E-state index contributed by atoms with van der Waals surface area (Å²) in [4.78, 5) is 197. The molecule has 2 aromatic carbocycles. The third kappa shape index (κ3) is 32.0. The molecule has 7 aliphatic rings. The molecule has 30 nitrogen and oxygen atoms in total. The number of rotatable bonds is 51. The van der Waals surface area contributed by atoms with Gasteiger partial charge in [0.1, 0.15) is 11.6 Å². The SMILES string of the molecule is CCC(C)[C@@H](C(CC(=O)N1CCC[C@H]1[C@H](OC)[C@@H](C)C(=O)C[C@@H](Cc1ccccc1)C(=O)O)OC)N(C)C(=O)[C@@H](CC(=O)[C@@H](NC)C(C)C)C(C)C.CCC(C)[C@@H](C(CC(=O)N1CCC[C@H]1[C@H](OC)[C@@H](C)C(=O)C[C@@H](Cc1ccccc1)C(=O)O)OC)N(C)C(=O)[C@@H](CC(=O)[C@H](C(C)C)N(C)C(=O)OCC1[C@H]2CCC#CCC[C@@H]12)C(C)C.O=C(OCC1[C@H]2CCC#CCC[C@@H]12)ON1C(=O)CCC1=O. The first kappa shape index (κ1) is 116. The van der Waals surface area contributed by atoms with Crippen molar-refractivity contribution in [2.24, 2.45) is 107 Å². The summed E-state index contributed by atoms with van der Waals surface area (Å²) in [6.07, 6.45) is 8.15. The molecule has 0 bridgehead atoms. The molecule has 3 heterocycles. The van der Waals surface area contributed by atoms with E-state index in [0.29, 0.717) is 86.0 Å². The number of nitrogens with zero attached hydrogens (tertiary/aromatic N) is 6. The maximum absolute atomic E-state index is 14.7. The van der Waals surface area contributed by atoms with Crippen molar-refractivity contribution in [2.45, 2.75) is 312 Å². The summed E-state index contributed by atoms with van der Waals surface area (Å²) in [5.74, 6) is 6.33. The number of carbonyl (C=O) groups is 14. The number of amides is 7. The zero-order valence-electron chi connectivity index (χ0n) is 86.4. The minimum Gasteiger partial charge on any atom is -0.481 e. The van der Waals surface area contributed by atoms with Crippen molar-refractivity contribution in [3.63, 3.8) is 0 Å². The van der Waals surface area contributed by atoms with Gasteiger partial charge < -0.3 is 68.5 Å². The molecule has 768 valence electrons. The van der Waals surface area contributed by atoms with E-state index in [1.54, 1.807) is 75.9 Å². The van der Waals surface area contributed by atoms with Gasteiger partial charge in [0.2, 0.25) is 23.6 Å². The molecule has 6 unspecified atom stereocenters. The number of ether oxygens (including phenoxy) is 6. The van der Waals surface area contributed by atoms with Gasteiger partial charge in [0, 0.05) is 151 Å². The molecule has 3 N–H and O–H groups in total. The Labute approximate surface area is 820 Å². The van der Waals surface area contributed by atoms with E-state index in [1.165, 1.54) is 19.1 Å². The van der Waals surface area contributed by atoms with E-state index in [0.717, 1.165) is 75.3 Å². The van der Waals surface area contributed by atoms with Crippen molar-refractivity contribution in [3.05, 3.63) is 71.8 Å². The Morgan fingerprint density at radius 1 is 0.457 bits per heavy atom. The number of aliphatic carboxylic acids is 2. The van der Waals surface area contributed by atoms with Gasteiger partial charge in [0.25, 0.3) is 11.8 Å². The lowest BCUT2D eigenvalue weighted by Gasteiger charge is -2.41. The summed E-state index contributed by atoms with van der Waals surface area (Å²) in [6.45, 7) is 28.7. The highest BCUT2D eigenvalue weighted by Gasteiger charge is 2.53. The predicted octanol–water partition coefficient (Wildman–Crippen LogP) is 14.5. The molecule has 2 aromatic rings. The zero-order chi connectivity index (χ0) is 102. The van der Waals surface area contributed by atoms with Gasteiger partial charge in [-0.2, -0.15) is 0 Å². The van der Waals surface area contributed by atoms with Crippen molar-refractivity contribution in [1.82, 2.24) is 34.9 Å². The fraction of sp³-hybridized carbons (Fsp3) is 0.722. The first-order chi connectivity index (χ1) is 65.6. The van der Waals surface area contributed by atoms with Crippen molar-refractivity contribution in [1.29, 1.82) is 0 Å². The van der Waals surface area contributed by atoms with Crippen LogP contribution in [0.1, 0.15) is 249 Å². The standard InChI is InChI=1S/C52H79N3O10.C41H67N3O8.C15H17NO5/c1-12-34(6)48(45(63-10)30-46(58)55-26-20-25-42(55)49(64-11)35(7)43(56)28-37(51(60)61)27-36-21-16-15-17-22-36)53(8)50(59)40(32(2)3)29-44(57)47(33(4)5)54(9)52(62)65-31-41-38-23-18-13-14-19-24-39(38)41;1-12-27(6)38(43(9)40(48)31(25(2)3)23-34(46)37(42-8)26(4)5)35(51-10)24-36(47)44-20-16-19-32(44)39(52-11)28(7)33(45)22-30(41(49)50)21-29-17-14-13-15-18-29;17-13-7-8-14(18)16(13)21-15(19)20-9-12-10-5-3-1-2-4-6-11(10)12/h15-17,21-22,32-35,37-42,45,47-49H,12,18-20,23-31H2,1-11H3,(H,60,61);13-15,17-18,25-28,30-32,35,37-39,42H,12,16,19-24H2,1-11H3,(H,49,50);10-12H,3-9H2/t34?,35-,37+,38-,39+,40-,41?,42-,45?,47-,48-,49+;27?,28-,30+,31-,32-,35?,37-,38-,39+;10-,11+,12?/m00./s1. The number of likely N-dealkylation sites (N-methyl/N-ethyl adjacent to an activating group) is 4. The number of carboxylic acids is 2. The molecule has 30 heteroatoms. The quantitative estimate of drug-likeness (QED) is 0.0314. The number of Topliss-reactive ketones (excluding diaryl/α,β-unsaturated/α-hetero) is 4. The average molecular weight is 1930 g/mol. The number of fused-ring (bicyclic) bond motifs is 2. The summed E-state index contributed by atoms with van der Waals surface area (Å²) in [7, 11) is 13.0. The van der Waals surface area contributed by atoms with Crippen molar-refractivity contribution in [3.8, 4) is 23.7 Å². The number of ketones is 4. The highest BCUT2D eigenvalue weighted by molar-refractivity contribution is 6.01.